The third-order valence-electron chi connectivity index (χ3n) is 4.40. The maximum atomic E-state index is 12.5. The van der Waals surface area contributed by atoms with Crippen LogP contribution in [0.2, 0.25) is 5.02 Å². The van der Waals surface area contributed by atoms with Crippen LogP contribution in [0, 0.1) is 25.2 Å². The zero-order valence-corrected chi connectivity index (χ0v) is 15.4. The summed E-state index contributed by atoms with van der Waals surface area (Å²) in [6.07, 6.45) is 2.12. The summed E-state index contributed by atoms with van der Waals surface area (Å²) in [7, 11) is 0. The van der Waals surface area contributed by atoms with Gasteiger partial charge in [0.05, 0.1) is 11.3 Å². The second-order valence-electron chi connectivity index (χ2n) is 5.92. The van der Waals surface area contributed by atoms with Gasteiger partial charge in [-0.15, -0.1) is 0 Å². The van der Waals surface area contributed by atoms with Gasteiger partial charge in [0, 0.05) is 17.3 Å². The Balaban J connectivity index is 2.69. The van der Waals surface area contributed by atoms with E-state index in [2.05, 4.69) is 4.99 Å². The molecule has 1 atom stereocenters. The Bertz CT molecular complexity index is 939. The summed E-state index contributed by atoms with van der Waals surface area (Å²) in [5, 5.41) is 20.6. The Morgan fingerprint density at radius 2 is 2.08 bits per heavy atom. The molecule has 0 aliphatic rings. The van der Waals surface area contributed by atoms with Crippen LogP contribution in [0.15, 0.2) is 28.0 Å². The number of pyridine rings is 1. The molecule has 0 aliphatic carbocycles. The molecule has 1 aromatic carbocycles. The van der Waals surface area contributed by atoms with Gasteiger partial charge in [0.15, 0.2) is 0 Å². The Morgan fingerprint density at radius 3 is 2.68 bits per heavy atom. The molecule has 1 aromatic heterocycles. The van der Waals surface area contributed by atoms with E-state index in [1.807, 2.05) is 26.8 Å². The fourth-order valence-electron chi connectivity index (χ4n) is 2.56. The number of benzene rings is 1. The normalized spacial score (nSPS) is 12.3. The number of aliphatic imine (C=N–C) groups is 1. The van der Waals surface area contributed by atoms with Crippen molar-refractivity contribution < 1.29 is 5.11 Å². The van der Waals surface area contributed by atoms with Crippen LogP contribution in [-0.2, 0) is 0 Å². The van der Waals surface area contributed by atoms with Gasteiger partial charge in [0.25, 0.3) is 5.56 Å². The molecular formula is C19H20ClN3O2. The molecule has 1 N–H and O–H groups in total. The van der Waals surface area contributed by atoms with Gasteiger partial charge < -0.3 is 5.11 Å². The molecular weight excluding hydrogens is 338 g/mol. The van der Waals surface area contributed by atoms with Crippen LogP contribution >= 0.6 is 11.6 Å². The van der Waals surface area contributed by atoms with Crippen molar-refractivity contribution in [3.05, 3.63) is 55.8 Å². The standard InChI is InChI=1S/C19H20ClN3O2/c1-5-11(2)23-18(24)14(9-21)12(3)15(19(23)25)10-22-17-8-6-7-16(20)13(17)4/h6-8,10-11,25H,5H2,1-4H3. The summed E-state index contributed by atoms with van der Waals surface area (Å²) in [5.74, 6) is -0.181. The van der Waals surface area contributed by atoms with E-state index in [0.29, 0.717) is 28.3 Å². The molecule has 5 nitrogen and oxygen atoms in total. The van der Waals surface area contributed by atoms with Crippen molar-refractivity contribution in [1.29, 1.82) is 5.26 Å². The molecule has 130 valence electrons. The van der Waals surface area contributed by atoms with Gasteiger partial charge in [-0.25, -0.2) is 0 Å². The van der Waals surface area contributed by atoms with Gasteiger partial charge in [0.1, 0.15) is 11.6 Å². The smallest absolute Gasteiger partial charge is 0.271 e. The van der Waals surface area contributed by atoms with Crippen LogP contribution in [0.1, 0.15) is 48.6 Å². The number of hydrogen-bond donors (Lipinski definition) is 1. The van der Waals surface area contributed by atoms with Crippen LogP contribution in [0.5, 0.6) is 5.88 Å². The lowest BCUT2D eigenvalue weighted by molar-refractivity contribution is 0.372. The summed E-state index contributed by atoms with van der Waals surface area (Å²) >= 11 is 6.10. The Morgan fingerprint density at radius 1 is 1.40 bits per heavy atom. The molecule has 6 heteroatoms. The second-order valence-corrected chi connectivity index (χ2v) is 6.33. The predicted octanol–water partition coefficient (Wildman–Crippen LogP) is 4.42. The monoisotopic (exact) mass is 357 g/mol. The number of aromatic hydroxyl groups is 1. The second kappa shape index (κ2) is 7.54. The molecule has 0 spiro atoms. The van der Waals surface area contributed by atoms with E-state index in [1.165, 1.54) is 10.8 Å². The summed E-state index contributed by atoms with van der Waals surface area (Å²) in [6, 6.07) is 7.07. The van der Waals surface area contributed by atoms with Gasteiger partial charge in [-0.1, -0.05) is 24.6 Å². The summed E-state index contributed by atoms with van der Waals surface area (Å²) in [4.78, 5) is 16.9. The summed E-state index contributed by atoms with van der Waals surface area (Å²) in [6.45, 7) is 7.21. The topological polar surface area (TPSA) is 78.4 Å². The molecule has 0 radical (unpaired) electrons. The number of hydrogen-bond acceptors (Lipinski definition) is 4. The summed E-state index contributed by atoms with van der Waals surface area (Å²) in [5.41, 5.74) is 1.77. The van der Waals surface area contributed by atoms with Crippen molar-refractivity contribution in [2.24, 2.45) is 4.99 Å². The Hall–Kier alpha value is -2.58. The molecule has 1 unspecified atom stereocenters. The average molecular weight is 358 g/mol. The van der Waals surface area contributed by atoms with Crippen molar-refractivity contribution in [2.75, 3.05) is 0 Å². The lowest BCUT2D eigenvalue weighted by atomic mass is 10.0. The SMILES string of the molecule is CCC(C)n1c(O)c(C=Nc2cccc(Cl)c2C)c(C)c(C#N)c1=O. The van der Waals surface area contributed by atoms with Gasteiger partial charge in [-0.05, 0) is 50.5 Å². The minimum atomic E-state index is -0.483. The number of halogens is 1. The van der Waals surface area contributed by atoms with E-state index in [0.717, 1.165) is 5.56 Å². The quantitative estimate of drug-likeness (QED) is 0.823. The summed E-state index contributed by atoms with van der Waals surface area (Å²) < 4.78 is 1.25. The highest BCUT2D eigenvalue weighted by atomic mass is 35.5. The third-order valence-corrected chi connectivity index (χ3v) is 4.81. The molecule has 2 aromatic rings. The number of nitrogens with zero attached hydrogens (tertiary/aromatic N) is 3. The maximum absolute atomic E-state index is 12.5. The molecule has 0 saturated heterocycles. The van der Waals surface area contributed by atoms with Gasteiger partial charge >= 0.3 is 0 Å². The molecule has 0 bridgehead atoms. The number of aromatic nitrogens is 1. The maximum Gasteiger partial charge on any atom is 0.271 e. The molecule has 0 amide bonds. The lowest BCUT2D eigenvalue weighted by Crippen LogP contribution is -2.27. The fourth-order valence-corrected chi connectivity index (χ4v) is 2.73. The van der Waals surface area contributed by atoms with Crippen molar-refractivity contribution >= 4 is 23.5 Å². The van der Waals surface area contributed by atoms with E-state index in [1.54, 1.807) is 25.1 Å². The van der Waals surface area contributed by atoms with Gasteiger partial charge in [-0.2, -0.15) is 5.26 Å². The molecule has 1 heterocycles. The zero-order valence-electron chi connectivity index (χ0n) is 14.7. The third kappa shape index (κ3) is 3.45. The molecule has 0 saturated carbocycles. The molecule has 2 rings (SSSR count). The van der Waals surface area contributed by atoms with Crippen LogP contribution in [0.4, 0.5) is 5.69 Å². The van der Waals surface area contributed by atoms with Crippen molar-refractivity contribution in [3.8, 4) is 11.9 Å². The first-order chi connectivity index (χ1) is 11.8. The van der Waals surface area contributed by atoms with E-state index >= 15 is 0 Å². The van der Waals surface area contributed by atoms with Crippen LogP contribution in [0.25, 0.3) is 0 Å². The first kappa shape index (κ1) is 18.8. The van der Waals surface area contributed by atoms with E-state index < -0.39 is 5.56 Å². The first-order valence-electron chi connectivity index (χ1n) is 8.00. The molecule has 0 fully saturated rings. The molecule has 0 aliphatic heterocycles. The van der Waals surface area contributed by atoms with Gasteiger partial charge in [0.2, 0.25) is 5.88 Å². The highest BCUT2D eigenvalue weighted by molar-refractivity contribution is 6.31. The van der Waals surface area contributed by atoms with Crippen LogP contribution < -0.4 is 5.56 Å². The lowest BCUT2D eigenvalue weighted by Gasteiger charge is -2.18. The van der Waals surface area contributed by atoms with Crippen LogP contribution in [0.3, 0.4) is 0 Å². The van der Waals surface area contributed by atoms with E-state index in [4.69, 9.17) is 11.6 Å². The fraction of sp³-hybridized carbons (Fsp3) is 0.316. The van der Waals surface area contributed by atoms with Crippen LogP contribution in [-0.4, -0.2) is 15.9 Å². The largest absolute Gasteiger partial charge is 0.494 e. The minimum absolute atomic E-state index is 0.0161. The van der Waals surface area contributed by atoms with E-state index in [-0.39, 0.29) is 17.5 Å². The highest BCUT2D eigenvalue weighted by Gasteiger charge is 2.20. The van der Waals surface area contributed by atoms with Crippen molar-refractivity contribution in [3.63, 3.8) is 0 Å². The molecule has 25 heavy (non-hydrogen) atoms. The van der Waals surface area contributed by atoms with Crippen molar-refractivity contribution in [1.82, 2.24) is 4.57 Å². The zero-order chi connectivity index (χ0) is 18.7. The average Bonchev–Trinajstić information content (AvgIpc) is 2.58. The highest BCUT2D eigenvalue weighted by Crippen LogP contribution is 2.28. The van der Waals surface area contributed by atoms with Gasteiger partial charge in [-0.3, -0.25) is 14.4 Å². The Labute approximate surface area is 151 Å². The predicted molar refractivity (Wildman–Crippen MR) is 100 cm³/mol. The van der Waals surface area contributed by atoms with Crippen molar-refractivity contribution in [2.45, 2.75) is 40.2 Å². The number of nitriles is 1. The number of rotatable bonds is 4. The minimum Gasteiger partial charge on any atom is -0.494 e. The van der Waals surface area contributed by atoms with E-state index in [9.17, 15) is 15.2 Å². The first-order valence-corrected chi connectivity index (χ1v) is 8.38. The Kier molecular flexibility index (Phi) is 5.66.